The molecule has 3 rings (SSSR count). The fourth-order valence-corrected chi connectivity index (χ4v) is 3.83. The van der Waals surface area contributed by atoms with Crippen LogP contribution < -0.4 is 10.8 Å². The van der Waals surface area contributed by atoms with Gasteiger partial charge in [-0.1, -0.05) is 12.1 Å². The van der Waals surface area contributed by atoms with E-state index in [9.17, 15) is 9.59 Å². The summed E-state index contributed by atoms with van der Waals surface area (Å²) in [5.74, 6) is 0.376. The second-order valence-corrected chi connectivity index (χ2v) is 10.8. The van der Waals surface area contributed by atoms with E-state index in [4.69, 9.17) is 14.0 Å². The largest absolute Gasteiger partial charge is 0.494 e. The average Bonchev–Trinajstić information content (AvgIpc) is 2.92. The molecular formula is C24H37BN2O5. The van der Waals surface area contributed by atoms with Gasteiger partial charge in [-0.3, -0.25) is 4.79 Å². The third-order valence-electron chi connectivity index (χ3n) is 6.52. The van der Waals surface area contributed by atoms with E-state index in [0.717, 1.165) is 18.3 Å². The number of amides is 2. The Morgan fingerprint density at radius 1 is 1.06 bits per heavy atom. The number of rotatable bonds is 4. The number of carbonyl (C=O) groups is 2. The van der Waals surface area contributed by atoms with Crippen molar-refractivity contribution in [3.63, 3.8) is 0 Å². The summed E-state index contributed by atoms with van der Waals surface area (Å²) in [7, 11) is -0.433. The van der Waals surface area contributed by atoms with Gasteiger partial charge < -0.3 is 24.3 Å². The number of likely N-dealkylation sites (tertiary alicyclic amines) is 1. The van der Waals surface area contributed by atoms with E-state index in [-0.39, 0.29) is 5.91 Å². The van der Waals surface area contributed by atoms with Crippen LogP contribution in [0.3, 0.4) is 0 Å². The molecule has 0 aliphatic carbocycles. The molecular weight excluding hydrogens is 407 g/mol. The molecule has 0 atom stereocenters. The Bertz CT molecular complexity index is 808. The molecule has 1 aromatic rings. The molecule has 0 bridgehead atoms. The van der Waals surface area contributed by atoms with Crippen LogP contribution in [0.5, 0.6) is 0 Å². The van der Waals surface area contributed by atoms with Gasteiger partial charge in [0.05, 0.1) is 11.2 Å². The lowest BCUT2D eigenvalue weighted by atomic mass is 9.79. The summed E-state index contributed by atoms with van der Waals surface area (Å²) < 4.78 is 17.5. The third kappa shape index (κ3) is 5.84. The van der Waals surface area contributed by atoms with Gasteiger partial charge in [-0.2, -0.15) is 0 Å². The van der Waals surface area contributed by atoms with Crippen LogP contribution in [-0.2, 0) is 14.0 Å². The van der Waals surface area contributed by atoms with Crippen molar-refractivity contribution in [2.75, 3.05) is 19.6 Å². The van der Waals surface area contributed by atoms with Crippen molar-refractivity contribution in [2.45, 2.75) is 78.1 Å². The van der Waals surface area contributed by atoms with Crippen molar-refractivity contribution in [3.8, 4) is 0 Å². The first kappa shape index (κ1) is 24.6. The maximum atomic E-state index is 12.9. The van der Waals surface area contributed by atoms with Crippen LogP contribution in [0.4, 0.5) is 4.79 Å². The zero-order chi connectivity index (χ0) is 23.7. The minimum absolute atomic E-state index is 0.0315. The number of ether oxygens (including phenoxy) is 1. The molecule has 1 aromatic carbocycles. The highest BCUT2D eigenvalue weighted by Crippen LogP contribution is 2.36. The Balaban J connectivity index is 1.49. The first-order valence-corrected chi connectivity index (χ1v) is 11.5. The number of nitrogens with zero attached hydrogens (tertiary/aromatic N) is 1. The van der Waals surface area contributed by atoms with Crippen molar-refractivity contribution in [1.29, 1.82) is 0 Å². The molecule has 0 saturated carbocycles. The second-order valence-electron chi connectivity index (χ2n) is 10.8. The lowest BCUT2D eigenvalue weighted by Crippen LogP contribution is -2.42. The van der Waals surface area contributed by atoms with Gasteiger partial charge >= 0.3 is 13.2 Å². The molecule has 1 N–H and O–H groups in total. The normalized spacial score (nSPS) is 20.8. The molecule has 2 aliphatic rings. The summed E-state index contributed by atoms with van der Waals surface area (Å²) in [4.78, 5) is 26.7. The highest BCUT2D eigenvalue weighted by Gasteiger charge is 2.51. The van der Waals surface area contributed by atoms with Crippen molar-refractivity contribution >= 4 is 24.6 Å². The molecule has 2 fully saturated rings. The molecule has 2 saturated heterocycles. The maximum absolute atomic E-state index is 12.9. The fraction of sp³-hybridized carbons (Fsp3) is 0.667. The predicted octanol–water partition coefficient (Wildman–Crippen LogP) is 3.36. The highest BCUT2D eigenvalue weighted by atomic mass is 16.7. The van der Waals surface area contributed by atoms with Gasteiger partial charge in [-0.25, -0.2) is 4.79 Å². The molecule has 176 valence electrons. The minimum Gasteiger partial charge on any atom is -0.444 e. The molecule has 8 heteroatoms. The third-order valence-corrected chi connectivity index (χ3v) is 6.52. The van der Waals surface area contributed by atoms with Gasteiger partial charge in [-0.15, -0.1) is 0 Å². The van der Waals surface area contributed by atoms with Crippen LogP contribution in [0.15, 0.2) is 24.3 Å². The lowest BCUT2D eigenvalue weighted by Gasteiger charge is -2.32. The Kier molecular flexibility index (Phi) is 6.96. The summed E-state index contributed by atoms with van der Waals surface area (Å²) in [6.45, 7) is 15.6. The Labute approximate surface area is 192 Å². The lowest BCUT2D eigenvalue weighted by molar-refractivity contribution is 0.00578. The van der Waals surface area contributed by atoms with Gasteiger partial charge in [0.2, 0.25) is 0 Å². The Morgan fingerprint density at radius 2 is 1.59 bits per heavy atom. The molecule has 7 nitrogen and oxygen atoms in total. The number of hydrogen-bond acceptors (Lipinski definition) is 5. The van der Waals surface area contributed by atoms with Crippen LogP contribution in [0.25, 0.3) is 0 Å². The second kappa shape index (κ2) is 9.06. The number of benzene rings is 1. The van der Waals surface area contributed by atoms with E-state index in [1.54, 1.807) is 0 Å². The van der Waals surface area contributed by atoms with Gasteiger partial charge in [0, 0.05) is 25.2 Å². The van der Waals surface area contributed by atoms with Crippen LogP contribution in [-0.4, -0.2) is 60.5 Å². The Morgan fingerprint density at radius 3 is 2.09 bits per heavy atom. The summed E-state index contributed by atoms with van der Waals surface area (Å²) in [5.41, 5.74) is 0.282. The van der Waals surface area contributed by atoms with Gasteiger partial charge in [0.15, 0.2) is 0 Å². The number of nitrogens with one attached hydrogen (secondary N) is 1. The first-order chi connectivity index (χ1) is 14.8. The smallest absolute Gasteiger partial charge is 0.444 e. The topological polar surface area (TPSA) is 77.1 Å². The van der Waals surface area contributed by atoms with Crippen LogP contribution in [0.1, 0.15) is 71.7 Å². The van der Waals surface area contributed by atoms with E-state index in [1.807, 2.05) is 77.6 Å². The summed E-state index contributed by atoms with van der Waals surface area (Å²) in [6, 6.07) is 7.51. The minimum atomic E-state index is -0.502. The number of carbonyl (C=O) groups excluding carboxylic acids is 2. The van der Waals surface area contributed by atoms with Crippen molar-refractivity contribution in [1.82, 2.24) is 10.2 Å². The van der Waals surface area contributed by atoms with Crippen molar-refractivity contribution in [2.24, 2.45) is 5.92 Å². The molecule has 0 aromatic heterocycles. The predicted molar refractivity (Wildman–Crippen MR) is 125 cm³/mol. The van der Waals surface area contributed by atoms with Crippen molar-refractivity contribution in [3.05, 3.63) is 29.8 Å². The molecule has 0 unspecified atom stereocenters. The highest BCUT2D eigenvalue weighted by molar-refractivity contribution is 6.62. The number of alkyl carbamates (subject to hydrolysis) is 1. The molecule has 0 radical (unpaired) electrons. The van der Waals surface area contributed by atoms with E-state index in [2.05, 4.69) is 5.32 Å². The monoisotopic (exact) mass is 444 g/mol. The average molecular weight is 444 g/mol. The number of piperidine rings is 1. The molecule has 32 heavy (non-hydrogen) atoms. The SMILES string of the molecule is CC(C)(C)OC(=O)NCC1CCN(C(=O)c2ccc(B3OC(C)(C)C(C)(C)O3)cc2)CC1. The molecule has 0 spiro atoms. The van der Waals surface area contributed by atoms with Crippen LogP contribution in [0.2, 0.25) is 0 Å². The standard InChI is InChI=1S/C24H37BN2O5/c1-22(2,3)30-21(29)26-16-17-12-14-27(15-13-17)20(28)18-8-10-19(11-9-18)25-31-23(4,5)24(6,7)32-25/h8-11,17H,12-16H2,1-7H3,(H,26,29). The van der Waals surface area contributed by atoms with E-state index < -0.39 is 30.0 Å². The zero-order valence-corrected chi connectivity index (χ0v) is 20.5. The van der Waals surface area contributed by atoms with E-state index in [1.165, 1.54) is 0 Å². The first-order valence-electron chi connectivity index (χ1n) is 11.5. The van der Waals surface area contributed by atoms with E-state index >= 15 is 0 Å². The molecule has 2 heterocycles. The quantitative estimate of drug-likeness (QED) is 0.721. The summed E-state index contributed by atoms with van der Waals surface area (Å²) in [5, 5.41) is 2.84. The zero-order valence-electron chi connectivity index (χ0n) is 20.5. The summed E-state index contributed by atoms with van der Waals surface area (Å²) >= 11 is 0. The van der Waals surface area contributed by atoms with Crippen LogP contribution >= 0.6 is 0 Å². The molecule has 2 amide bonds. The Hall–Kier alpha value is -2.06. The molecule has 2 aliphatic heterocycles. The maximum Gasteiger partial charge on any atom is 0.494 e. The van der Waals surface area contributed by atoms with Gasteiger partial charge in [0.25, 0.3) is 5.91 Å². The number of hydrogen-bond donors (Lipinski definition) is 1. The van der Waals surface area contributed by atoms with E-state index in [0.29, 0.717) is 31.1 Å². The van der Waals surface area contributed by atoms with Gasteiger partial charge in [0.1, 0.15) is 5.60 Å². The summed E-state index contributed by atoms with van der Waals surface area (Å²) in [6.07, 6.45) is 1.32. The van der Waals surface area contributed by atoms with Gasteiger partial charge in [-0.05, 0) is 84.8 Å². The van der Waals surface area contributed by atoms with Crippen LogP contribution in [0, 0.1) is 5.92 Å². The van der Waals surface area contributed by atoms with Crippen molar-refractivity contribution < 1.29 is 23.6 Å². The fourth-order valence-electron chi connectivity index (χ4n) is 3.83.